The van der Waals surface area contributed by atoms with Crippen LogP contribution in [0.2, 0.25) is 0 Å². The monoisotopic (exact) mass is 169 g/mol. The molecule has 0 aliphatic rings. The third kappa shape index (κ3) is 1.41. The Bertz CT molecular complexity index is 283. The molecule has 0 amide bonds. The van der Waals surface area contributed by atoms with Crippen molar-refractivity contribution in [3.05, 3.63) is 46.0 Å². The van der Waals surface area contributed by atoms with E-state index in [9.17, 15) is 10.1 Å². The number of benzene rings is 1. The third-order valence-electron chi connectivity index (χ3n) is 1.42. The van der Waals surface area contributed by atoms with Crippen LogP contribution in [0, 0.1) is 10.1 Å². The van der Waals surface area contributed by atoms with E-state index in [4.69, 9.17) is 10.2 Å². The Hall–Kier alpha value is -1.46. The van der Waals surface area contributed by atoms with E-state index in [0.29, 0.717) is 0 Å². The van der Waals surface area contributed by atoms with Crippen LogP contribution in [-0.2, 0) is 5.91 Å². The number of aliphatic hydroxyl groups is 2. The molecule has 1 aromatic rings. The minimum atomic E-state index is -2.98. The summed E-state index contributed by atoms with van der Waals surface area (Å²) in [7, 11) is 0. The summed E-state index contributed by atoms with van der Waals surface area (Å²) in [5.41, 5.74) is -0.157. The van der Waals surface area contributed by atoms with Crippen LogP contribution in [0.25, 0.3) is 0 Å². The van der Waals surface area contributed by atoms with Gasteiger partial charge >= 0.3 is 5.91 Å². The molecule has 0 saturated carbocycles. The van der Waals surface area contributed by atoms with Gasteiger partial charge in [-0.05, 0) is 12.1 Å². The van der Waals surface area contributed by atoms with Crippen LogP contribution >= 0.6 is 0 Å². The van der Waals surface area contributed by atoms with Crippen LogP contribution in [0.15, 0.2) is 30.3 Å². The van der Waals surface area contributed by atoms with Crippen molar-refractivity contribution in [3.8, 4) is 0 Å². The number of nitrogens with zero attached hydrogens (tertiary/aromatic N) is 1. The van der Waals surface area contributed by atoms with E-state index >= 15 is 0 Å². The molecule has 0 fully saturated rings. The lowest BCUT2D eigenvalue weighted by molar-refractivity contribution is -0.696. The van der Waals surface area contributed by atoms with Gasteiger partial charge in [-0.2, -0.15) is 0 Å². The summed E-state index contributed by atoms with van der Waals surface area (Å²) in [5, 5.41) is 28.0. The highest BCUT2D eigenvalue weighted by atomic mass is 16.7. The van der Waals surface area contributed by atoms with E-state index in [1.807, 2.05) is 0 Å². The largest absolute Gasteiger partial charge is 0.465 e. The fourth-order valence-electron chi connectivity index (χ4n) is 0.767. The molecule has 64 valence electrons. The predicted molar refractivity (Wildman–Crippen MR) is 39.6 cm³/mol. The molecular weight excluding hydrogens is 162 g/mol. The Morgan fingerprint density at radius 1 is 1.25 bits per heavy atom. The van der Waals surface area contributed by atoms with Gasteiger partial charge in [-0.15, -0.1) is 0 Å². The smallest absolute Gasteiger partial charge is 0.302 e. The van der Waals surface area contributed by atoms with Crippen molar-refractivity contribution in [3.63, 3.8) is 0 Å². The summed E-state index contributed by atoms with van der Waals surface area (Å²) in [6, 6.07) is 7.13. The normalized spacial score (nSPS) is 11.2. The zero-order valence-electron chi connectivity index (χ0n) is 6.04. The van der Waals surface area contributed by atoms with Crippen molar-refractivity contribution in [1.29, 1.82) is 0 Å². The lowest BCUT2D eigenvalue weighted by Gasteiger charge is -2.10. The number of hydrogen-bond donors (Lipinski definition) is 2. The number of hydrogen-bond acceptors (Lipinski definition) is 4. The van der Waals surface area contributed by atoms with E-state index < -0.39 is 10.8 Å². The minimum absolute atomic E-state index is 0.157. The van der Waals surface area contributed by atoms with Crippen molar-refractivity contribution >= 4 is 0 Å². The van der Waals surface area contributed by atoms with Crippen LogP contribution in [0.3, 0.4) is 0 Å². The standard InChI is InChI=1S/C7H7NO4/c9-7(10,8(11)12)6-4-2-1-3-5-6/h1-5,9-10H. The van der Waals surface area contributed by atoms with E-state index in [0.717, 1.165) is 0 Å². The highest BCUT2D eigenvalue weighted by molar-refractivity contribution is 5.17. The van der Waals surface area contributed by atoms with E-state index in [1.165, 1.54) is 24.3 Å². The molecule has 2 N–H and O–H groups in total. The topological polar surface area (TPSA) is 83.6 Å². The summed E-state index contributed by atoms with van der Waals surface area (Å²) in [6.45, 7) is 0. The minimum Gasteiger partial charge on any atom is -0.302 e. The molecule has 12 heavy (non-hydrogen) atoms. The Morgan fingerprint density at radius 3 is 2.17 bits per heavy atom. The van der Waals surface area contributed by atoms with E-state index in [-0.39, 0.29) is 5.56 Å². The fraction of sp³-hybridized carbons (Fsp3) is 0.143. The first-order chi connectivity index (χ1) is 5.55. The summed E-state index contributed by atoms with van der Waals surface area (Å²) in [5.74, 6) is -2.98. The molecule has 0 atom stereocenters. The van der Waals surface area contributed by atoms with Gasteiger partial charge in [0, 0.05) is 0 Å². The van der Waals surface area contributed by atoms with Crippen molar-refractivity contribution in [2.45, 2.75) is 5.91 Å². The Labute approximate surface area is 68.0 Å². The van der Waals surface area contributed by atoms with Gasteiger partial charge in [-0.1, -0.05) is 18.2 Å². The summed E-state index contributed by atoms with van der Waals surface area (Å²) in [4.78, 5) is 8.96. The van der Waals surface area contributed by atoms with Crippen molar-refractivity contribution in [2.24, 2.45) is 0 Å². The average Bonchev–Trinajstić information content (AvgIpc) is 2.06. The summed E-state index contributed by atoms with van der Waals surface area (Å²) in [6.07, 6.45) is 0. The van der Waals surface area contributed by atoms with Gasteiger partial charge in [-0.25, -0.2) is 0 Å². The maximum Gasteiger partial charge on any atom is 0.465 e. The van der Waals surface area contributed by atoms with Gasteiger partial charge in [-0.3, -0.25) is 10.1 Å². The van der Waals surface area contributed by atoms with Crippen LogP contribution in [-0.4, -0.2) is 15.1 Å². The molecule has 0 aliphatic heterocycles. The first-order valence-corrected chi connectivity index (χ1v) is 3.20. The molecule has 5 heteroatoms. The number of rotatable bonds is 2. The van der Waals surface area contributed by atoms with E-state index in [2.05, 4.69) is 0 Å². The van der Waals surface area contributed by atoms with Crippen molar-refractivity contribution in [1.82, 2.24) is 0 Å². The van der Waals surface area contributed by atoms with Crippen LogP contribution < -0.4 is 0 Å². The molecule has 0 aliphatic carbocycles. The van der Waals surface area contributed by atoms with Gasteiger partial charge in [0.15, 0.2) is 0 Å². The molecule has 0 radical (unpaired) electrons. The quantitative estimate of drug-likeness (QED) is 0.372. The molecule has 1 rings (SSSR count). The molecule has 0 saturated heterocycles. The van der Waals surface area contributed by atoms with Gasteiger partial charge in [0.2, 0.25) is 0 Å². The van der Waals surface area contributed by atoms with Crippen LogP contribution in [0.5, 0.6) is 0 Å². The maximum atomic E-state index is 10.1. The number of nitro groups is 1. The van der Waals surface area contributed by atoms with Crippen LogP contribution in [0.4, 0.5) is 0 Å². The van der Waals surface area contributed by atoms with E-state index in [1.54, 1.807) is 6.07 Å². The third-order valence-corrected chi connectivity index (χ3v) is 1.42. The molecular formula is C7H7NO4. The first-order valence-electron chi connectivity index (χ1n) is 3.20. The Morgan fingerprint density at radius 2 is 1.75 bits per heavy atom. The zero-order valence-corrected chi connectivity index (χ0v) is 6.04. The molecule has 0 bridgehead atoms. The highest BCUT2D eigenvalue weighted by Crippen LogP contribution is 2.17. The Balaban J connectivity index is 3.06. The SMILES string of the molecule is O=[N+]([O-])C(O)(O)c1ccccc1. The lowest BCUT2D eigenvalue weighted by atomic mass is 10.2. The molecule has 0 spiro atoms. The highest BCUT2D eigenvalue weighted by Gasteiger charge is 2.39. The second-order valence-corrected chi connectivity index (χ2v) is 2.26. The summed E-state index contributed by atoms with van der Waals surface area (Å²) >= 11 is 0. The van der Waals surface area contributed by atoms with Gasteiger partial charge < -0.3 is 10.2 Å². The summed E-state index contributed by atoms with van der Waals surface area (Å²) < 4.78 is 0. The van der Waals surface area contributed by atoms with Crippen molar-refractivity contribution in [2.75, 3.05) is 0 Å². The fourth-order valence-corrected chi connectivity index (χ4v) is 0.767. The van der Waals surface area contributed by atoms with Crippen molar-refractivity contribution < 1.29 is 15.1 Å². The maximum absolute atomic E-state index is 10.1. The van der Waals surface area contributed by atoms with Gasteiger partial charge in [0.1, 0.15) is 0 Å². The van der Waals surface area contributed by atoms with Gasteiger partial charge in [0.05, 0.1) is 10.5 Å². The average molecular weight is 169 g/mol. The molecule has 1 aromatic carbocycles. The van der Waals surface area contributed by atoms with Gasteiger partial charge in [0.25, 0.3) is 0 Å². The second kappa shape index (κ2) is 2.88. The molecule has 0 aromatic heterocycles. The second-order valence-electron chi connectivity index (χ2n) is 2.26. The lowest BCUT2D eigenvalue weighted by Crippen LogP contribution is -2.34. The Kier molecular flexibility index (Phi) is 2.07. The molecule has 0 unspecified atom stereocenters. The molecule has 0 heterocycles. The zero-order chi connectivity index (χ0) is 9.19. The first kappa shape index (κ1) is 8.63. The van der Waals surface area contributed by atoms with Crippen LogP contribution in [0.1, 0.15) is 5.56 Å². The predicted octanol–water partition coefficient (Wildman–Crippen LogP) is 0.0582. The molecule has 5 nitrogen and oxygen atoms in total.